The highest BCUT2D eigenvalue weighted by molar-refractivity contribution is 6.31. The molecule has 3 aliphatic rings. The van der Waals surface area contributed by atoms with E-state index in [0.29, 0.717) is 62.7 Å². The van der Waals surface area contributed by atoms with E-state index in [4.69, 9.17) is 16.3 Å². The summed E-state index contributed by atoms with van der Waals surface area (Å²) in [5, 5.41) is 0.555. The first kappa shape index (κ1) is 32.1. The van der Waals surface area contributed by atoms with Gasteiger partial charge in [-0.3, -0.25) is 14.5 Å². The quantitative estimate of drug-likeness (QED) is 0.390. The lowest BCUT2D eigenvalue weighted by Gasteiger charge is -2.32. The predicted octanol–water partition coefficient (Wildman–Crippen LogP) is 5.72. The number of benzene rings is 2. The number of carbonyl (C=O) groups excluding carboxylic acids is 3. The van der Waals surface area contributed by atoms with E-state index in [1.54, 1.807) is 20.8 Å². The van der Waals surface area contributed by atoms with Crippen LogP contribution in [0.5, 0.6) is 0 Å². The van der Waals surface area contributed by atoms with Gasteiger partial charge in [-0.05, 0) is 61.6 Å². The SMILES string of the molecule is CC(=O)N1CCC(OC(=O)N(CCCN2CC3CN(C(=O)c4ccccc4C(F)(F)F)CC3C2)c2ccc(C)c(Cl)c2)CC1. The molecule has 5 rings (SSSR count). The Morgan fingerprint density at radius 1 is 0.977 bits per heavy atom. The standard InChI is InChI=1S/C32H38ClF3N4O4/c1-21-8-9-25(16-29(21)33)40(31(43)44-26-10-14-38(15-11-26)22(2)41)13-5-12-37-17-23-19-39(20-24(23)18-37)30(42)27-6-3-4-7-28(27)32(34,35)36/h3-4,6-9,16,23-24,26H,5,10-15,17-20H2,1-2H3. The highest BCUT2D eigenvalue weighted by Gasteiger charge is 2.43. The number of ether oxygens (including phenoxy) is 1. The smallest absolute Gasteiger partial charge is 0.417 e. The van der Waals surface area contributed by atoms with Crippen molar-refractivity contribution in [3.63, 3.8) is 0 Å². The maximum Gasteiger partial charge on any atom is 0.417 e. The van der Waals surface area contributed by atoms with E-state index in [-0.39, 0.29) is 29.4 Å². The molecule has 0 aromatic heterocycles. The first-order chi connectivity index (χ1) is 20.9. The highest BCUT2D eigenvalue weighted by atomic mass is 35.5. The van der Waals surface area contributed by atoms with E-state index in [9.17, 15) is 27.6 Å². The highest BCUT2D eigenvalue weighted by Crippen LogP contribution is 2.36. The van der Waals surface area contributed by atoms with Crippen molar-refractivity contribution in [2.24, 2.45) is 11.8 Å². The molecule has 2 aromatic rings. The third-order valence-corrected chi connectivity index (χ3v) is 9.42. The molecule has 0 radical (unpaired) electrons. The van der Waals surface area contributed by atoms with E-state index in [1.165, 1.54) is 25.1 Å². The predicted molar refractivity (Wildman–Crippen MR) is 161 cm³/mol. The van der Waals surface area contributed by atoms with Crippen LogP contribution in [-0.2, 0) is 15.7 Å². The Morgan fingerprint density at radius 3 is 2.25 bits per heavy atom. The summed E-state index contributed by atoms with van der Waals surface area (Å²) in [6.45, 7) is 8.01. The lowest BCUT2D eigenvalue weighted by Crippen LogP contribution is -2.43. The molecule has 238 valence electrons. The molecule has 0 bridgehead atoms. The number of hydrogen-bond donors (Lipinski definition) is 0. The van der Waals surface area contributed by atoms with Crippen LogP contribution in [-0.4, -0.2) is 91.1 Å². The number of anilines is 1. The Kier molecular flexibility index (Phi) is 9.74. The van der Waals surface area contributed by atoms with Crippen LogP contribution in [0.2, 0.25) is 5.02 Å². The monoisotopic (exact) mass is 634 g/mol. The molecule has 8 nitrogen and oxygen atoms in total. The summed E-state index contributed by atoms with van der Waals surface area (Å²) in [7, 11) is 0. The zero-order chi connectivity index (χ0) is 31.6. The molecule has 3 aliphatic heterocycles. The van der Waals surface area contributed by atoms with Crippen molar-refractivity contribution in [1.29, 1.82) is 0 Å². The number of aryl methyl sites for hydroxylation is 1. The summed E-state index contributed by atoms with van der Waals surface area (Å²) < 4.78 is 46.3. The molecule has 2 atom stereocenters. The van der Waals surface area contributed by atoms with Crippen molar-refractivity contribution in [3.8, 4) is 0 Å². The zero-order valence-corrected chi connectivity index (χ0v) is 25.7. The van der Waals surface area contributed by atoms with Crippen LogP contribution in [0.4, 0.5) is 23.7 Å². The normalized spacial score (nSPS) is 21.0. The maximum atomic E-state index is 13.5. The Labute approximate surface area is 260 Å². The second-order valence-electron chi connectivity index (χ2n) is 12.1. The van der Waals surface area contributed by atoms with E-state index in [0.717, 1.165) is 31.3 Å². The molecule has 0 saturated carbocycles. The second kappa shape index (κ2) is 13.4. The number of nitrogens with zero attached hydrogens (tertiary/aromatic N) is 4. The van der Waals surface area contributed by atoms with Crippen LogP contribution in [0, 0.1) is 18.8 Å². The Balaban J connectivity index is 1.15. The lowest BCUT2D eigenvalue weighted by atomic mass is 10.0. The summed E-state index contributed by atoms with van der Waals surface area (Å²) in [5.41, 5.74) is 0.351. The van der Waals surface area contributed by atoms with Crippen LogP contribution in [0.15, 0.2) is 42.5 Å². The van der Waals surface area contributed by atoms with Gasteiger partial charge in [0.2, 0.25) is 5.91 Å². The first-order valence-electron chi connectivity index (χ1n) is 15.1. The number of fused-ring (bicyclic) bond motifs is 1. The molecule has 3 amide bonds. The van der Waals surface area contributed by atoms with Gasteiger partial charge in [0.25, 0.3) is 5.91 Å². The molecule has 2 aromatic carbocycles. The zero-order valence-electron chi connectivity index (χ0n) is 25.0. The lowest BCUT2D eigenvalue weighted by molar-refractivity contribution is -0.138. The minimum atomic E-state index is -4.59. The van der Waals surface area contributed by atoms with Gasteiger partial charge in [-0.1, -0.05) is 29.8 Å². The minimum absolute atomic E-state index is 0.0165. The number of likely N-dealkylation sites (tertiary alicyclic amines) is 3. The molecular formula is C32H38ClF3N4O4. The number of amides is 3. The fourth-order valence-corrected chi connectivity index (χ4v) is 6.72. The molecule has 3 fully saturated rings. The number of alkyl halides is 3. The molecule has 3 heterocycles. The molecular weight excluding hydrogens is 597 g/mol. The van der Waals surface area contributed by atoms with Crippen LogP contribution >= 0.6 is 11.6 Å². The van der Waals surface area contributed by atoms with Crippen molar-refractivity contribution >= 4 is 35.2 Å². The molecule has 44 heavy (non-hydrogen) atoms. The van der Waals surface area contributed by atoms with Gasteiger partial charge in [-0.15, -0.1) is 0 Å². The Morgan fingerprint density at radius 2 is 1.64 bits per heavy atom. The van der Waals surface area contributed by atoms with Gasteiger partial charge < -0.3 is 19.4 Å². The summed E-state index contributed by atoms with van der Waals surface area (Å²) in [4.78, 5) is 45.3. The molecule has 0 spiro atoms. The van der Waals surface area contributed by atoms with Gasteiger partial charge >= 0.3 is 12.3 Å². The third-order valence-electron chi connectivity index (χ3n) is 9.01. The van der Waals surface area contributed by atoms with Gasteiger partial charge in [0.1, 0.15) is 6.10 Å². The largest absolute Gasteiger partial charge is 0.446 e. The van der Waals surface area contributed by atoms with Gasteiger partial charge in [-0.25, -0.2) is 4.79 Å². The fraction of sp³-hybridized carbons (Fsp3) is 0.531. The van der Waals surface area contributed by atoms with Crippen molar-refractivity contribution in [2.45, 2.75) is 45.4 Å². The second-order valence-corrected chi connectivity index (χ2v) is 12.5. The van der Waals surface area contributed by atoms with Crippen molar-refractivity contribution in [2.75, 3.05) is 57.3 Å². The number of hydrogen-bond acceptors (Lipinski definition) is 5. The van der Waals surface area contributed by atoms with Crippen molar-refractivity contribution in [3.05, 3.63) is 64.2 Å². The van der Waals surface area contributed by atoms with Gasteiger partial charge in [0.15, 0.2) is 0 Å². The van der Waals surface area contributed by atoms with Crippen molar-refractivity contribution < 1.29 is 32.3 Å². The number of halogens is 4. The fourth-order valence-electron chi connectivity index (χ4n) is 6.55. The van der Waals surface area contributed by atoms with E-state index >= 15 is 0 Å². The van der Waals surface area contributed by atoms with Gasteiger partial charge in [0, 0.05) is 76.3 Å². The van der Waals surface area contributed by atoms with Crippen LogP contribution in [0.1, 0.15) is 47.7 Å². The molecule has 0 aliphatic carbocycles. The summed E-state index contributed by atoms with van der Waals surface area (Å²) in [6.07, 6.45) is -3.46. The Hall–Kier alpha value is -3.31. The molecule has 12 heteroatoms. The van der Waals surface area contributed by atoms with E-state index in [1.807, 2.05) is 19.1 Å². The van der Waals surface area contributed by atoms with Crippen molar-refractivity contribution in [1.82, 2.24) is 14.7 Å². The van der Waals surface area contributed by atoms with Crippen LogP contribution < -0.4 is 4.90 Å². The maximum absolute atomic E-state index is 13.5. The molecule has 3 saturated heterocycles. The van der Waals surface area contributed by atoms with E-state index < -0.39 is 23.7 Å². The molecule has 2 unspecified atom stereocenters. The third kappa shape index (κ3) is 7.31. The summed E-state index contributed by atoms with van der Waals surface area (Å²) in [6, 6.07) is 10.4. The van der Waals surface area contributed by atoms with Gasteiger partial charge in [0.05, 0.1) is 11.1 Å². The first-order valence-corrected chi connectivity index (χ1v) is 15.5. The number of rotatable bonds is 7. The number of carbonyl (C=O) groups is 3. The topological polar surface area (TPSA) is 73.4 Å². The number of piperidine rings is 1. The summed E-state index contributed by atoms with van der Waals surface area (Å²) in [5.74, 6) is -0.177. The average Bonchev–Trinajstić information content (AvgIpc) is 3.55. The van der Waals surface area contributed by atoms with Gasteiger partial charge in [-0.2, -0.15) is 13.2 Å². The Bertz CT molecular complexity index is 1370. The molecule has 0 N–H and O–H groups in total. The average molecular weight is 635 g/mol. The van der Waals surface area contributed by atoms with Crippen LogP contribution in [0.25, 0.3) is 0 Å². The summed E-state index contributed by atoms with van der Waals surface area (Å²) >= 11 is 6.39. The minimum Gasteiger partial charge on any atom is -0.446 e. The van der Waals surface area contributed by atoms with E-state index in [2.05, 4.69) is 4.90 Å². The van der Waals surface area contributed by atoms with Crippen LogP contribution in [0.3, 0.4) is 0 Å².